The second kappa shape index (κ2) is 3.65. The average Bonchev–Trinajstić information content (AvgIpc) is 2.98. The van der Waals surface area contributed by atoms with Crippen molar-refractivity contribution in [1.82, 2.24) is 9.34 Å². The Morgan fingerprint density at radius 1 is 1.36 bits per heavy atom. The van der Waals surface area contributed by atoms with Crippen molar-refractivity contribution in [2.75, 3.05) is 32.8 Å². The maximum absolute atomic E-state index is 12.4. The minimum atomic E-state index is -2.60. The highest BCUT2D eigenvalue weighted by Crippen LogP contribution is 2.61. The Balaban J connectivity index is 2.10. The van der Waals surface area contributed by atoms with Gasteiger partial charge in [-0.1, -0.05) is 0 Å². The fraction of sp³-hybridized carbons (Fsp3) is 0.875. The van der Waals surface area contributed by atoms with E-state index >= 15 is 0 Å². The summed E-state index contributed by atoms with van der Waals surface area (Å²) < 4.78 is 25.7. The molecule has 0 saturated carbocycles. The Kier molecular flexibility index (Phi) is 2.64. The quantitative estimate of drug-likeness (QED) is 0.307. The fourth-order valence-electron chi connectivity index (χ4n) is 1.34. The molecule has 6 heteroatoms. The van der Waals surface area contributed by atoms with Gasteiger partial charge in [-0.2, -0.15) is 4.76 Å². The van der Waals surface area contributed by atoms with Crippen molar-refractivity contribution in [3.05, 3.63) is 0 Å². The first-order valence-corrected chi connectivity index (χ1v) is 6.54. The van der Waals surface area contributed by atoms with Crippen LogP contribution in [0.2, 0.25) is 0 Å². The summed E-state index contributed by atoms with van der Waals surface area (Å²) in [4.78, 5) is 0. The van der Waals surface area contributed by atoms with Crippen molar-refractivity contribution in [3.8, 4) is 0 Å². The molecule has 0 N–H and O–H groups in total. The van der Waals surface area contributed by atoms with Crippen LogP contribution < -0.4 is 0 Å². The molecule has 0 aromatic carbocycles. The lowest BCUT2D eigenvalue weighted by Crippen LogP contribution is -2.06. The number of ether oxygens (including phenoxy) is 1. The molecule has 0 unspecified atom stereocenters. The van der Waals surface area contributed by atoms with Crippen LogP contribution in [-0.4, -0.2) is 48.0 Å². The van der Waals surface area contributed by atoms with E-state index in [9.17, 15) is 4.57 Å². The molecule has 2 fully saturated rings. The molecule has 0 radical (unpaired) electrons. The summed E-state index contributed by atoms with van der Waals surface area (Å²) in [5, 5.41) is 0. The fourth-order valence-corrected chi connectivity index (χ4v) is 3.59. The lowest BCUT2D eigenvalue weighted by atomic mass is 10.7. The van der Waals surface area contributed by atoms with E-state index in [0.717, 1.165) is 26.2 Å². The van der Waals surface area contributed by atoms with Gasteiger partial charge in [0.2, 0.25) is 0 Å². The summed E-state index contributed by atoms with van der Waals surface area (Å²) >= 11 is 0. The molecule has 0 bridgehead atoms. The maximum Gasteiger partial charge on any atom is 0.332 e. The Bertz CT molecular complexity index is 281. The van der Waals surface area contributed by atoms with E-state index in [4.69, 9.17) is 4.74 Å². The molecule has 0 amide bonds. The number of nitrogens with zero attached hydrogens (tertiary/aromatic N) is 3. The summed E-state index contributed by atoms with van der Waals surface area (Å²) in [6, 6.07) is 0. The van der Waals surface area contributed by atoms with Gasteiger partial charge >= 0.3 is 7.59 Å². The zero-order chi connectivity index (χ0) is 10.2. The van der Waals surface area contributed by atoms with Crippen LogP contribution in [0.1, 0.15) is 13.8 Å². The summed E-state index contributed by atoms with van der Waals surface area (Å²) in [5.74, 6) is 0.537. The molecular weight excluding hydrogens is 201 g/mol. The molecule has 0 aromatic rings. The average molecular weight is 217 g/mol. The second-order valence-corrected chi connectivity index (χ2v) is 5.83. The van der Waals surface area contributed by atoms with E-state index in [1.807, 2.05) is 16.3 Å². The summed E-state index contributed by atoms with van der Waals surface area (Å²) in [6.07, 6.45) is 0. The summed E-state index contributed by atoms with van der Waals surface area (Å²) in [7, 11) is -2.60. The number of hydrogen-bond donors (Lipinski definition) is 0. The number of rotatable bonds is 4. The molecule has 2 rings (SSSR count). The molecule has 0 aromatic heterocycles. The summed E-state index contributed by atoms with van der Waals surface area (Å²) in [6.45, 7) is 7.85. The van der Waals surface area contributed by atoms with Crippen molar-refractivity contribution in [2.24, 2.45) is 4.76 Å². The van der Waals surface area contributed by atoms with Gasteiger partial charge < -0.3 is 4.74 Å². The van der Waals surface area contributed by atoms with Crippen LogP contribution in [-0.2, 0) is 9.30 Å². The van der Waals surface area contributed by atoms with Crippen LogP contribution in [0, 0.1) is 0 Å². The van der Waals surface area contributed by atoms with Crippen LogP contribution in [0.4, 0.5) is 0 Å². The van der Waals surface area contributed by atoms with E-state index in [0.29, 0.717) is 12.5 Å². The Morgan fingerprint density at radius 3 is 2.21 bits per heavy atom. The van der Waals surface area contributed by atoms with E-state index in [1.54, 1.807) is 6.92 Å². The van der Waals surface area contributed by atoms with E-state index < -0.39 is 7.59 Å². The SMILES string of the molecule is CCO/C(C)=N/P(=O)(N1CC1)N1CC1. The monoisotopic (exact) mass is 217 g/mol. The lowest BCUT2D eigenvalue weighted by molar-refractivity contribution is 0.325. The first-order chi connectivity index (χ1) is 6.66. The molecule has 80 valence electrons. The van der Waals surface area contributed by atoms with Crippen LogP contribution in [0.15, 0.2) is 4.76 Å². The molecule has 5 nitrogen and oxygen atoms in total. The second-order valence-electron chi connectivity index (χ2n) is 3.47. The summed E-state index contributed by atoms with van der Waals surface area (Å²) in [5.41, 5.74) is 0. The van der Waals surface area contributed by atoms with Gasteiger partial charge in [0.15, 0.2) is 5.90 Å². The van der Waals surface area contributed by atoms with E-state index in [-0.39, 0.29) is 0 Å². The third-order valence-electron chi connectivity index (χ3n) is 2.21. The highest BCUT2D eigenvalue weighted by Gasteiger charge is 2.48. The smallest absolute Gasteiger partial charge is 0.332 e. The van der Waals surface area contributed by atoms with Gasteiger partial charge in [-0.05, 0) is 6.92 Å². The van der Waals surface area contributed by atoms with Crippen LogP contribution in [0.3, 0.4) is 0 Å². The van der Waals surface area contributed by atoms with Crippen molar-refractivity contribution in [2.45, 2.75) is 13.8 Å². The first kappa shape index (κ1) is 10.1. The number of hydrogen-bond acceptors (Lipinski definition) is 2. The van der Waals surface area contributed by atoms with Gasteiger partial charge in [-0.25, -0.2) is 9.34 Å². The molecule has 2 aliphatic rings. The van der Waals surface area contributed by atoms with Gasteiger partial charge in [0.25, 0.3) is 0 Å². The molecule has 0 spiro atoms. The predicted octanol–water partition coefficient (Wildman–Crippen LogP) is 1.18. The van der Waals surface area contributed by atoms with Gasteiger partial charge in [0, 0.05) is 33.1 Å². The molecule has 0 aliphatic carbocycles. The Morgan fingerprint density at radius 2 is 1.86 bits per heavy atom. The standard InChI is InChI=1S/C8H16N3O2P/c1-3-13-8(2)9-14(12,10-4-5-10)11-6-7-11/h3-7H2,1-2H3/b9-8+. The van der Waals surface area contributed by atoms with Crippen molar-refractivity contribution in [3.63, 3.8) is 0 Å². The van der Waals surface area contributed by atoms with E-state index in [2.05, 4.69) is 4.76 Å². The normalized spacial score (nSPS) is 23.7. The van der Waals surface area contributed by atoms with Gasteiger partial charge in [-0.3, -0.25) is 4.57 Å². The molecule has 2 heterocycles. The molecule has 14 heavy (non-hydrogen) atoms. The zero-order valence-electron chi connectivity index (χ0n) is 8.64. The van der Waals surface area contributed by atoms with E-state index in [1.165, 1.54) is 0 Å². The van der Waals surface area contributed by atoms with Crippen molar-refractivity contribution >= 4 is 13.5 Å². The minimum absolute atomic E-state index is 0.537. The largest absolute Gasteiger partial charge is 0.481 e. The lowest BCUT2D eigenvalue weighted by Gasteiger charge is -2.15. The van der Waals surface area contributed by atoms with Gasteiger partial charge in [0.1, 0.15) is 0 Å². The first-order valence-electron chi connectivity index (χ1n) is 4.97. The highest BCUT2D eigenvalue weighted by atomic mass is 31.2. The minimum Gasteiger partial charge on any atom is -0.481 e. The van der Waals surface area contributed by atoms with Gasteiger partial charge in [-0.15, -0.1) is 0 Å². The van der Waals surface area contributed by atoms with Crippen LogP contribution in [0.5, 0.6) is 0 Å². The van der Waals surface area contributed by atoms with Crippen LogP contribution >= 0.6 is 7.59 Å². The molecule has 2 saturated heterocycles. The Labute approximate surface area is 84.3 Å². The zero-order valence-corrected chi connectivity index (χ0v) is 9.54. The topological polar surface area (TPSA) is 44.7 Å². The third-order valence-corrected chi connectivity index (χ3v) is 5.02. The molecule has 2 aliphatic heterocycles. The predicted molar refractivity (Wildman–Crippen MR) is 55.5 cm³/mol. The highest BCUT2D eigenvalue weighted by molar-refractivity contribution is 7.58. The van der Waals surface area contributed by atoms with Crippen LogP contribution in [0.25, 0.3) is 0 Å². The maximum atomic E-state index is 12.4. The molecular formula is C8H16N3O2P. The van der Waals surface area contributed by atoms with Crippen molar-refractivity contribution < 1.29 is 9.30 Å². The Hall–Kier alpha value is -0.380. The third kappa shape index (κ3) is 2.00. The van der Waals surface area contributed by atoms with Crippen molar-refractivity contribution in [1.29, 1.82) is 0 Å². The van der Waals surface area contributed by atoms with Gasteiger partial charge in [0.05, 0.1) is 6.61 Å². The molecule has 0 atom stereocenters.